The molecule has 63 heavy (non-hydrogen) atoms. The van der Waals surface area contributed by atoms with Gasteiger partial charge < -0.3 is 34.3 Å². The fraction of sp³-hybridized carbons (Fsp3) is 0.942. The molecule has 0 saturated heterocycles. The van der Waals surface area contributed by atoms with Gasteiger partial charge in [-0.25, -0.2) is 0 Å². The van der Waals surface area contributed by atoms with Crippen molar-refractivity contribution in [3.8, 4) is 0 Å². The maximum absolute atomic E-state index is 12.9. The smallest absolute Gasteiger partial charge is 0.423 e. The summed E-state index contributed by atoms with van der Waals surface area (Å²) >= 11 is 0. The Kier molecular flexibility index (Phi) is 47.5. The van der Waals surface area contributed by atoms with Crippen LogP contribution in [-0.4, -0.2) is 112 Å². The van der Waals surface area contributed by atoms with E-state index >= 15 is 0 Å². The van der Waals surface area contributed by atoms with E-state index in [9.17, 15) is 15.1 Å². The van der Waals surface area contributed by atoms with Crippen molar-refractivity contribution in [2.75, 3.05) is 73.2 Å². The number of rotatable bonds is 49. The standard InChI is InChI=1S/C52H104N6O5/c1-6-9-12-15-18-27-34-46-62-50(59)38-30-23-19-25-32-42-58(44-35-40-54-52(56-53)55-41-47-61-48-45-57(4)5)43-33-26-20-24-31-39-51(60)63-49(36-28-21-16-13-10-7-2)37-29-22-17-14-11-8-3/h49,54-55H,6-48H2,1-5H3. The van der Waals surface area contributed by atoms with Gasteiger partial charge in [0.15, 0.2) is 0 Å². The number of ether oxygens (including phenoxy) is 3. The summed E-state index contributed by atoms with van der Waals surface area (Å²) in [6.45, 7) is 13.8. The Labute approximate surface area is 389 Å². The molecule has 0 fully saturated rings. The second kappa shape index (κ2) is 49.2. The van der Waals surface area contributed by atoms with Crippen molar-refractivity contribution in [3.63, 3.8) is 0 Å². The summed E-state index contributed by atoms with van der Waals surface area (Å²) in [5.74, 6) is 0.354. The van der Waals surface area contributed by atoms with Crippen LogP contribution in [0.25, 0.3) is 5.53 Å². The number of esters is 2. The Morgan fingerprint density at radius 2 is 0.937 bits per heavy atom. The molecule has 372 valence electrons. The van der Waals surface area contributed by atoms with Crippen molar-refractivity contribution in [3.05, 3.63) is 5.53 Å². The molecule has 0 bridgehead atoms. The van der Waals surface area contributed by atoms with Crippen molar-refractivity contribution in [1.29, 1.82) is 0 Å². The molecular formula is C52H104N6O5. The van der Waals surface area contributed by atoms with Gasteiger partial charge >= 0.3 is 17.9 Å². The van der Waals surface area contributed by atoms with Crippen molar-refractivity contribution in [2.24, 2.45) is 0 Å². The van der Waals surface area contributed by atoms with E-state index in [0.29, 0.717) is 51.7 Å². The molecule has 11 heteroatoms. The predicted molar refractivity (Wildman–Crippen MR) is 265 cm³/mol. The molecule has 0 aliphatic rings. The van der Waals surface area contributed by atoms with Gasteiger partial charge in [0.25, 0.3) is 0 Å². The predicted octanol–water partition coefficient (Wildman–Crippen LogP) is 12.4. The van der Waals surface area contributed by atoms with Gasteiger partial charge in [-0.2, -0.15) is 0 Å². The second-order valence-corrected chi connectivity index (χ2v) is 18.5. The molecule has 0 aromatic heterocycles. The zero-order chi connectivity index (χ0) is 46.1. The lowest BCUT2D eigenvalue weighted by atomic mass is 10.0. The molecule has 0 spiro atoms. The summed E-state index contributed by atoms with van der Waals surface area (Å²) in [6.07, 6.45) is 38.9. The van der Waals surface area contributed by atoms with E-state index in [1.165, 1.54) is 122 Å². The molecule has 0 heterocycles. The first-order chi connectivity index (χ1) is 30.9. The molecule has 0 aromatic carbocycles. The maximum Gasteiger partial charge on any atom is 0.423 e. The third kappa shape index (κ3) is 46.1. The fourth-order valence-electron chi connectivity index (χ4n) is 7.97. The number of hydrogen-bond acceptors (Lipinski definition) is 7. The van der Waals surface area contributed by atoms with Crippen molar-refractivity contribution in [1.82, 2.24) is 20.4 Å². The summed E-state index contributed by atoms with van der Waals surface area (Å²) in [5, 5.41) is 6.35. The van der Waals surface area contributed by atoms with E-state index in [4.69, 9.17) is 14.2 Å². The first-order valence-electron chi connectivity index (χ1n) is 26.9. The third-order valence-electron chi connectivity index (χ3n) is 12.0. The molecular weight excluding hydrogens is 789 g/mol. The van der Waals surface area contributed by atoms with Gasteiger partial charge in [0.05, 0.1) is 32.9 Å². The normalized spacial score (nSPS) is 11.4. The van der Waals surface area contributed by atoms with Crippen LogP contribution in [0.5, 0.6) is 0 Å². The van der Waals surface area contributed by atoms with Crippen molar-refractivity contribution in [2.45, 2.75) is 245 Å². The summed E-state index contributed by atoms with van der Waals surface area (Å²) in [4.78, 5) is 33.1. The number of carbonyl (C=O) groups is 2. The van der Waals surface area contributed by atoms with Crippen LogP contribution in [0.3, 0.4) is 0 Å². The van der Waals surface area contributed by atoms with Crippen molar-refractivity contribution < 1.29 is 28.6 Å². The highest BCUT2D eigenvalue weighted by atomic mass is 16.5. The Morgan fingerprint density at radius 3 is 1.46 bits per heavy atom. The number of nitrogens with one attached hydrogen (secondary N) is 2. The monoisotopic (exact) mass is 893 g/mol. The SMILES string of the molecule is CCCCCCCCCOC(=O)CCCCCCCN(CCCCCCCC(=O)OC(CCCCCCCC)CCCCCCCC)CCCNC(=[N+]=[N-])NCCOCCN(C)C. The number of unbranched alkanes of at least 4 members (excludes halogenated alkanes) is 24. The number of nitrogens with zero attached hydrogens (tertiary/aromatic N) is 4. The average molecular weight is 893 g/mol. The van der Waals surface area contributed by atoms with Gasteiger partial charge in [-0.3, -0.25) is 20.2 Å². The molecule has 2 N–H and O–H groups in total. The average Bonchev–Trinajstić information content (AvgIpc) is 3.27. The lowest BCUT2D eigenvalue weighted by Crippen LogP contribution is -2.41. The highest BCUT2D eigenvalue weighted by molar-refractivity contribution is 5.73. The van der Waals surface area contributed by atoms with E-state index in [-0.39, 0.29) is 18.0 Å². The Balaban J connectivity index is 4.61. The van der Waals surface area contributed by atoms with Crippen LogP contribution in [0.1, 0.15) is 239 Å². The van der Waals surface area contributed by atoms with E-state index in [0.717, 1.165) is 110 Å². The van der Waals surface area contributed by atoms with Gasteiger partial charge in [0.1, 0.15) is 6.10 Å². The minimum Gasteiger partial charge on any atom is -0.543 e. The lowest BCUT2D eigenvalue weighted by molar-refractivity contribution is -0.150. The Morgan fingerprint density at radius 1 is 0.492 bits per heavy atom. The van der Waals surface area contributed by atoms with E-state index < -0.39 is 0 Å². The molecule has 0 aliphatic carbocycles. The lowest BCUT2D eigenvalue weighted by Gasteiger charge is -2.22. The first-order valence-corrected chi connectivity index (χ1v) is 26.9. The molecule has 0 unspecified atom stereocenters. The summed E-state index contributed by atoms with van der Waals surface area (Å²) in [6, 6.07) is 0. The highest BCUT2D eigenvalue weighted by Gasteiger charge is 2.15. The third-order valence-corrected chi connectivity index (χ3v) is 12.0. The largest absolute Gasteiger partial charge is 0.543 e. The molecule has 0 saturated carbocycles. The topological polar surface area (TPSA) is 129 Å². The van der Waals surface area contributed by atoms with Gasteiger partial charge in [-0.15, -0.1) is 0 Å². The van der Waals surface area contributed by atoms with Crippen LogP contribution < -0.4 is 10.6 Å². The molecule has 0 aliphatic heterocycles. The van der Waals surface area contributed by atoms with Gasteiger partial charge in [0.2, 0.25) is 0 Å². The first kappa shape index (κ1) is 60.8. The molecule has 0 atom stereocenters. The Hall–Kier alpha value is -2.20. The molecule has 0 radical (unpaired) electrons. The van der Waals surface area contributed by atoms with Crippen LogP contribution in [-0.2, 0) is 23.8 Å². The minimum atomic E-state index is -0.0371. The highest BCUT2D eigenvalue weighted by Crippen LogP contribution is 2.19. The zero-order valence-electron chi connectivity index (χ0n) is 42.3. The van der Waals surface area contributed by atoms with Crippen molar-refractivity contribution >= 4 is 17.9 Å². The fourth-order valence-corrected chi connectivity index (χ4v) is 7.97. The summed E-state index contributed by atoms with van der Waals surface area (Å²) in [7, 11) is 4.05. The molecule has 0 rings (SSSR count). The summed E-state index contributed by atoms with van der Waals surface area (Å²) in [5.41, 5.74) is 9.48. The molecule has 0 amide bonds. The van der Waals surface area contributed by atoms with Gasteiger partial charge in [0, 0.05) is 25.9 Å². The van der Waals surface area contributed by atoms with Crippen LogP contribution in [0, 0.1) is 0 Å². The van der Waals surface area contributed by atoms with Crippen LogP contribution in [0.4, 0.5) is 0 Å². The van der Waals surface area contributed by atoms with Gasteiger partial charge in [-0.1, -0.05) is 162 Å². The molecule has 0 aromatic rings. The summed E-state index contributed by atoms with van der Waals surface area (Å²) < 4.78 is 17.2. The van der Waals surface area contributed by atoms with Crippen LogP contribution in [0.2, 0.25) is 0 Å². The second-order valence-electron chi connectivity index (χ2n) is 18.5. The molecule has 11 nitrogen and oxygen atoms in total. The minimum absolute atomic E-state index is 0.00780. The number of guanidine groups is 1. The van der Waals surface area contributed by atoms with Crippen LogP contribution >= 0.6 is 0 Å². The maximum atomic E-state index is 12.9. The van der Waals surface area contributed by atoms with Gasteiger partial charge in [-0.05, 0) is 91.4 Å². The zero-order valence-corrected chi connectivity index (χ0v) is 42.3. The number of carbonyl (C=O) groups excluding carboxylic acids is 2. The Bertz CT molecular complexity index is 1030. The number of hydrogen-bond donors (Lipinski definition) is 2. The van der Waals surface area contributed by atoms with Crippen LogP contribution in [0.15, 0.2) is 0 Å². The van der Waals surface area contributed by atoms with E-state index in [1.54, 1.807) is 0 Å². The number of likely N-dealkylation sites (N-methyl/N-ethyl adjacent to an activating group) is 1. The van der Waals surface area contributed by atoms with E-state index in [1.807, 2.05) is 14.1 Å². The van der Waals surface area contributed by atoms with E-state index in [2.05, 4.69) is 46.0 Å². The quantitative estimate of drug-likeness (QED) is 0.0153.